The zero-order valence-electron chi connectivity index (χ0n) is 25.3. The largest absolute Gasteiger partial charge is 0.267 e. The highest BCUT2D eigenvalue weighted by molar-refractivity contribution is 7.86. The Bertz CT molecular complexity index is 921. The Morgan fingerprint density at radius 2 is 0.865 bits per heavy atom. The molecule has 0 aromatic rings. The maximum absolute atomic E-state index is 11.6. The second-order valence-electron chi connectivity index (χ2n) is 10.8. The third-order valence-electron chi connectivity index (χ3n) is 6.35. The summed E-state index contributed by atoms with van der Waals surface area (Å²) >= 11 is 0. The second kappa shape index (κ2) is 21.3. The summed E-state index contributed by atoms with van der Waals surface area (Å²) < 4.78 is 28.2. The van der Waals surface area contributed by atoms with Crippen LogP contribution >= 0.6 is 0 Å². The van der Waals surface area contributed by atoms with Crippen molar-refractivity contribution in [3.8, 4) is 0 Å². The Kier molecular flexibility index (Phi) is 20.4. The monoisotopic (exact) mass is 532 g/mol. The van der Waals surface area contributed by atoms with Crippen LogP contribution in [-0.2, 0) is 14.3 Å². The van der Waals surface area contributed by atoms with Gasteiger partial charge in [-0.1, -0.05) is 76.8 Å². The van der Waals surface area contributed by atoms with Crippen molar-refractivity contribution < 1.29 is 12.6 Å². The van der Waals surface area contributed by atoms with Crippen LogP contribution in [0.15, 0.2) is 69.9 Å². The Labute approximate surface area is 230 Å². The fourth-order valence-corrected chi connectivity index (χ4v) is 4.77. The Morgan fingerprint density at radius 1 is 0.541 bits per heavy atom. The molecule has 0 saturated heterocycles. The molecule has 0 bridgehead atoms. The molecule has 37 heavy (non-hydrogen) atoms. The summed E-state index contributed by atoms with van der Waals surface area (Å²) in [6.07, 6.45) is 25.3. The van der Waals surface area contributed by atoms with Crippen molar-refractivity contribution in [1.82, 2.24) is 0 Å². The summed E-state index contributed by atoms with van der Waals surface area (Å²) in [4.78, 5) is 0. The van der Waals surface area contributed by atoms with Crippen molar-refractivity contribution >= 4 is 10.1 Å². The third-order valence-corrected chi connectivity index (χ3v) is 7.75. The van der Waals surface area contributed by atoms with E-state index in [0.717, 1.165) is 57.8 Å². The highest BCUT2D eigenvalue weighted by atomic mass is 32.2. The first-order valence-corrected chi connectivity index (χ1v) is 15.8. The number of rotatable bonds is 20. The maximum Gasteiger partial charge on any atom is 0.267 e. The van der Waals surface area contributed by atoms with Crippen LogP contribution in [0.2, 0.25) is 0 Å². The van der Waals surface area contributed by atoms with Gasteiger partial charge in [-0.05, 0) is 119 Å². The quantitative estimate of drug-likeness (QED) is 0.116. The molecule has 212 valence electrons. The van der Waals surface area contributed by atoms with Crippen molar-refractivity contribution in [2.24, 2.45) is 0 Å². The highest BCUT2D eigenvalue weighted by Crippen LogP contribution is 2.15. The van der Waals surface area contributed by atoms with Crippen molar-refractivity contribution in [1.29, 1.82) is 0 Å². The van der Waals surface area contributed by atoms with Crippen molar-refractivity contribution in [3.05, 3.63) is 69.9 Å². The first-order chi connectivity index (χ1) is 17.4. The molecule has 0 N–H and O–H groups in total. The molecule has 0 aromatic heterocycles. The third kappa shape index (κ3) is 23.2. The van der Waals surface area contributed by atoms with Crippen LogP contribution in [0.5, 0.6) is 0 Å². The zero-order chi connectivity index (χ0) is 28.1. The average molecular weight is 533 g/mol. The molecule has 0 saturated carbocycles. The molecule has 0 unspecified atom stereocenters. The van der Waals surface area contributed by atoms with Gasteiger partial charge in [0.2, 0.25) is 0 Å². The lowest BCUT2D eigenvalue weighted by atomic mass is 10.0. The molecule has 4 heteroatoms. The van der Waals surface area contributed by atoms with Crippen LogP contribution in [0, 0.1) is 0 Å². The summed E-state index contributed by atoms with van der Waals surface area (Å²) in [5.74, 6) is 0.0845. The van der Waals surface area contributed by atoms with Gasteiger partial charge in [-0.25, -0.2) is 0 Å². The number of hydrogen-bond acceptors (Lipinski definition) is 3. The van der Waals surface area contributed by atoms with E-state index >= 15 is 0 Å². The summed E-state index contributed by atoms with van der Waals surface area (Å²) in [5, 5.41) is 0. The second-order valence-corrected chi connectivity index (χ2v) is 12.5. The van der Waals surface area contributed by atoms with Gasteiger partial charge in [-0.2, -0.15) is 8.42 Å². The van der Waals surface area contributed by atoms with E-state index in [2.05, 4.69) is 71.9 Å². The van der Waals surface area contributed by atoms with Gasteiger partial charge in [0.25, 0.3) is 10.1 Å². The molecule has 0 aliphatic carbocycles. The lowest BCUT2D eigenvalue weighted by Gasteiger charge is -2.04. The standard InChI is InChI=1S/C33H56O3S/c1-9-27-37(34,35)36-26-25-33(8)24-14-23-32(7)22-13-21-31(6)20-12-19-30(5)18-11-17-29(4)16-10-15-28(2)3/h15,17,19,21,23,25H,9-14,16,18,20,22,24,26-27H2,1-8H3. The Morgan fingerprint density at radius 3 is 1.19 bits per heavy atom. The molecule has 0 aliphatic heterocycles. The molecule has 0 heterocycles. The lowest BCUT2D eigenvalue weighted by Crippen LogP contribution is -2.09. The predicted octanol–water partition coefficient (Wildman–Crippen LogP) is 10.3. The van der Waals surface area contributed by atoms with Gasteiger partial charge in [-0.3, -0.25) is 4.18 Å². The van der Waals surface area contributed by atoms with Crippen molar-refractivity contribution in [2.75, 3.05) is 12.4 Å². The topological polar surface area (TPSA) is 43.4 Å². The lowest BCUT2D eigenvalue weighted by molar-refractivity contribution is 0.356. The van der Waals surface area contributed by atoms with Crippen LogP contribution in [0.3, 0.4) is 0 Å². The molecule has 3 nitrogen and oxygen atoms in total. The van der Waals surface area contributed by atoms with Gasteiger partial charge in [0, 0.05) is 0 Å². The predicted molar refractivity (Wildman–Crippen MR) is 164 cm³/mol. The van der Waals surface area contributed by atoms with Gasteiger partial charge in [0.1, 0.15) is 0 Å². The van der Waals surface area contributed by atoms with Crippen LogP contribution in [0.1, 0.15) is 126 Å². The summed E-state index contributed by atoms with van der Waals surface area (Å²) in [5.41, 5.74) is 8.47. The van der Waals surface area contributed by atoms with E-state index in [9.17, 15) is 8.42 Å². The minimum atomic E-state index is -3.37. The highest BCUT2D eigenvalue weighted by Gasteiger charge is 2.07. The van der Waals surface area contributed by atoms with E-state index in [0.29, 0.717) is 6.42 Å². The van der Waals surface area contributed by atoms with E-state index in [4.69, 9.17) is 4.18 Å². The number of allylic oxidation sites excluding steroid dienone is 11. The van der Waals surface area contributed by atoms with Gasteiger partial charge in [0.15, 0.2) is 0 Å². The normalized spacial score (nSPS) is 14.3. The molecule has 0 aromatic carbocycles. The zero-order valence-corrected chi connectivity index (χ0v) is 26.1. The van der Waals surface area contributed by atoms with E-state index in [1.54, 1.807) is 0 Å². The van der Waals surface area contributed by atoms with Gasteiger partial charge < -0.3 is 0 Å². The first kappa shape index (κ1) is 35.4. The maximum atomic E-state index is 11.6. The fourth-order valence-electron chi connectivity index (χ4n) is 3.87. The van der Waals surface area contributed by atoms with Crippen molar-refractivity contribution in [2.45, 2.75) is 126 Å². The van der Waals surface area contributed by atoms with Crippen LogP contribution in [0.4, 0.5) is 0 Å². The van der Waals surface area contributed by atoms with E-state index in [1.807, 2.05) is 19.9 Å². The molecule has 0 spiro atoms. The Balaban J connectivity index is 4.18. The molecule has 0 fully saturated rings. The smallest absolute Gasteiger partial charge is 0.266 e. The minimum Gasteiger partial charge on any atom is -0.266 e. The molecule has 0 rings (SSSR count). The molecular formula is C33H56O3S. The molecule has 0 atom stereocenters. The van der Waals surface area contributed by atoms with Gasteiger partial charge >= 0.3 is 0 Å². The molecule has 0 aliphatic rings. The summed E-state index contributed by atoms with van der Waals surface area (Å²) in [6.45, 7) is 17.3. The van der Waals surface area contributed by atoms with Crippen LogP contribution in [-0.4, -0.2) is 20.8 Å². The van der Waals surface area contributed by atoms with E-state index in [1.165, 1.54) is 39.9 Å². The fraction of sp³-hybridized carbons (Fsp3) is 0.636. The molecule has 0 radical (unpaired) electrons. The van der Waals surface area contributed by atoms with Gasteiger partial charge in [0.05, 0.1) is 12.4 Å². The van der Waals surface area contributed by atoms with Crippen molar-refractivity contribution in [3.63, 3.8) is 0 Å². The summed E-state index contributed by atoms with van der Waals surface area (Å²) in [6, 6.07) is 0. The minimum absolute atomic E-state index is 0.0845. The van der Waals surface area contributed by atoms with E-state index < -0.39 is 10.1 Å². The summed E-state index contributed by atoms with van der Waals surface area (Å²) in [7, 11) is -3.37. The van der Waals surface area contributed by atoms with E-state index in [-0.39, 0.29) is 12.4 Å². The van der Waals surface area contributed by atoms with Gasteiger partial charge in [-0.15, -0.1) is 0 Å². The average Bonchev–Trinajstić information content (AvgIpc) is 2.78. The Hall–Kier alpha value is -1.65. The van der Waals surface area contributed by atoms with Crippen LogP contribution < -0.4 is 0 Å². The SMILES string of the molecule is CCCS(=O)(=O)OCC=C(C)CCC=C(C)CCC=C(C)CCC=C(C)CCC=C(C)CCC=C(C)C. The molecular weight excluding hydrogens is 476 g/mol. The number of hydrogen-bond donors (Lipinski definition) is 0. The molecule has 0 amide bonds. The first-order valence-electron chi connectivity index (χ1n) is 14.2. The van der Waals surface area contributed by atoms with Crippen LogP contribution in [0.25, 0.3) is 0 Å².